The lowest BCUT2D eigenvalue weighted by Crippen LogP contribution is -1.99. The van der Waals surface area contributed by atoms with Crippen molar-refractivity contribution in [2.24, 2.45) is 0 Å². The Kier molecular flexibility index (Phi) is 5.22. The van der Waals surface area contributed by atoms with E-state index in [4.69, 9.17) is 9.72 Å². The average Bonchev–Trinajstić information content (AvgIpc) is 3.50. The van der Waals surface area contributed by atoms with E-state index in [2.05, 4.69) is 92.4 Å². The van der Waals surface area contributed by atoms with Gasteiger partial charge in [-0.05, 0) is 60.7 Å². The van der Waals surface area contributed by atoms with Crippen molar-refractivity contribution in [2.45, 2.75) is 0 Å². The Bertz CT molecular complexity index is 1920. The van der Waals surface area contributed by atoms with Crippen molar-refractivity contribution in [1.82, 2.24) is 14.0 Å². The van der Waals surface area contributed by atoms with E-state index in [0.29, 0.717) is 0 Å². The number of anilines is 4. The van der Waals surface area contributed by atoms with Crippen molar-refractivity contribution < 1.29 is 4.74 Å². The number of imidazole rings is 2. The smallest absolute Gasteiger partial charge is 0.220 e. The summed E-state index contributed by atoms with van der Waals surface area (Å²) in [5.41, 5.74) is 8.95. The standard InChI is InChI=1S/C32H25N5O/c1-38-30-21-10-9-19-28(30)36-26-17-7-8-18-27(26)37-29-20-11-16-25(31(29)35-32(36)37)34-24-15-6-5-14-23(24)33-22-12-3-2-4-13-22/h2-21,33-34H,1H3. The van der Waals surface area contributed by atoms with Crippen LogP contribution < -0.4 is 15.4 Å². The normalized spacial score (nSPS) is 11.3. The number of aromatic nitrogens is 3. The number of methoxy groups -OCH3 is 1. The van der Waals surface area contributed by atoms with Gasteiger partial charge in [0.05, 0.1) is 46.4 Å². The van der Waals surface area contributed by atoms with Crippen LogP contribution in [-0.2, 0) is 0 Å². The van der Waals surface area contributed by atoms with Crippen LogP contribution in [0.15, 0.2) is 121 Å². The van der Waals surface area contributed by atoms with Crippen LogP contribution in [0.2, 0.25) is 0 Å². The highest BCUT2D eigenvalue weighted by Crippen LogP contribution is 2.36. The van der Waals surface area contributed by atoms with Gasteiger partial charge in [-0.3, -0.25) is 8.97 Å². The number of nitrogens with zero attached hydrogens (tertiary/aromatic N) is 3. The first-order valence-electron chi connectivity index (χ1n) is 12.5. The van der Waals surface area contributed by atoms with Gasteiger partial charge < -0.3 is 15.4 Å². The summed E-state index contributed by atoms with van der Waals surface area (Å²) in [4.78, 5) is 5.20. The lowest BCUT2D eigenvalue weighted by Gasteiger charge is -2.14. The molecule has 0 aliphatic heterocycles. The van der Waals surface area contributed by atoms with Gasteiger partial charge in [0.1, 0.15) is 11.3 Å². The number of benzene rings is 5. The number of nitrogens with one attached hydrogen (secondary N) is 2. The highest BCUT2D eigenvalue weighted by Gasteiger charge is 2.20. The van der Waals surface area contributed by atoms with Crippen molar-refractivity contribution in [2.75, 3.05) is 17.7 Å². The summed E-state index contributed by atoms with van der Waals surface area (Å²) < 4.78 is 10.1. The predicted molar refractivity (Wildman–Crippen MR) is 156 cm³/mol. The second-order valence-corrected chi connectivity index (χ2v) is 9.08. The summed E-state index contributed by atoms with van der Waals surface area (Å²) in [6.45, 7) is 0. The third-order valence-electron chi connectivity index (χ3n) is 6.81. The third kappa shape index (κ3) is 3.54. The molecule has 0 fully saturated rings. The first-order valence-corrected chi connectivity index (χ1v) is 12.5. The molecule has 0 amide bonds. The zero-order chi connectivity index (χ0) is 25.5. The number of hydrogen-bond acceptors (Lipinski definition) is 4. The summed E-state index contributed by atoms with van der Waals surface area (Å²) in [6.07, 6.45) is 0. The molecule has 2 N–H and O–H groups in total. The van der Waals surface area contributed by atoms with Crippen LogP contribution in [0.3, 0.4) is 0 Å². The first-order chi connectivity index (χ1) is 18.8. The summed E-state index contributed by atoms with van der Waals surface area (Å²) in [5, 5.41) is 7.17. The van der Waals surface area contributed by atoms with Gasteiger partial charge in [-0.25, -0.2) is 4.98 Å². The Morgan fingerprint density at radius 3 is 2.03 bits per heavy atom. The second kappa shape index (κ2) is 9.01. The van der Waals surface area contributed by atoms with Crippen LogP contribution in [0.25, 0.3) is 33.5 Å². The van der Waals surface area contributed by atoms with Crippen LogP contribution in [0.1, 0.15) is 0 Å². The average molecular weight is 496 g/mol. The summed E-state index contributed by atoms with van der Waals surface area (Å²) in [5.74, 6) is 1.62. The summed E-state index contributed by atoms with van der Waals surface area (Å²) >= 11 is 0. The maximum absolute atomic E-state index is 5.73. The fourth-order valence-corrected chi connectivity index (χ4v) is 5.10. The maximum atomic E-state index is 5.73. The molecule has 5 aromatic carbocycles. The molecule has 0 unspecified atom stereocenters. The molecule has 0 atom stereocenters. The Hall–Kier alpha value is -5.23. The number of rotatable bonds is 6. The Morgan fingerprint density at radius 1 is 0.579 bits per heavy atom. The van der Waals surface area contributed by atoms with E-state index in [9.17, 15) is 0 Å². The van der Waals surface area contributed by atoms with Crippen LogP contribution in [0, 0.1) is 0 Å². The Balaban J connectivity index is 1.41. The Labute approximate surface area is 219 Å². The molecule has 7 aromatic rings. The number of ether oxygens (including phenoxy) is 1. The Morgan fingerprint density at radius 2 is 1.21 bits per heavy atom. The van der Waals surface area contributed by atoms with Crippen LogP contribution >= 0.6 is 0 Å². The predicted octanol–water partition coefficient (Wildman–Crippen LogP) is 7.93. The molecule has 2 heterocycles. The molecule has 6 heteroatoms. The third-order valence-corrected chi connectivity index (χ3v) is 6.81. The van der Waals surface area contributed by atoms with E-state index in [0.717, 1.165) is 62.0 Å². The minimum Gasteiger partial charge on any atom is -0.495 e. The first kappa shape index (κ1) is 22.0. The van der Waals surface area contributed by atoms with Gasteiger partial charge in [0.2, 0.25) is 5.78 Å². The molecule has 0 spiro atoms. The van der Waals surface area contributed by atoms with Gasteiger partial charge in [0.15, 0.2) is 0 Å². The van der Waals surface area contributed by atoms with E-state index in [1.54, 1.807) is 7.11 Å². The van der Waals surface area contributed by atoms with Crippen molar-refractivity contribution in [1.29, 1.82) is 0 Å². The number of para-hydroxylation sites is 8. The fourth-order valence-electron chi connectivity index (χ4n) is 5.10. The van der Waals surface area contributed by atoms with Gasteiger partial charge in [-0.2, -0.15) is 0 Å². The van der Waals surface area contributed by atoms with Crippen molar-refractivity contribution in [3.63, 3.8) is 0 Å². The van der Waals surface area contributed by atoms with Gasteiger partial charge in [-0.15, -0.1) is 0 Å². The van der Waals surface area contributed by atoms with Crippen molar-refractivity contribution >= 4 is 50.6 Å². The molecule has 6 nitrogen and oxygen atoms in total. The molecule has 0 aliphatic rings. The lowest BCUT2D eigenvalue weighted by molar-refractivity contribution is 0.413. The second-order valence-electron chi connectivity index (χ2n) is 9.08. The highest BCUT2D eigenvalue weighted by atomic mass is 16.5. The molecule has 2 aromatic heterocycles. The zero-order valence-corrected chi connectivity index (χ0v) is 20.8. The van der Waals surface area contributed by atoms with E-state index in [-0.39, 0.29) is 0 Å². The van der Waals surface area contributed by atoms with E-state index >= 15 is 0 Å². The maximum Gasteiger partial charge on any atom is 0.220 e. The monoisotopic (exact) mass is 495 g/mol. The minimum absolute atomic E-state index is 0.794. The van der Waals surface area contributed by atoms with Gasteiger partial charge in [0.25, 0.3) is 0 Å². The molecule has 38 heavy (non-hydrogen) atoms. The molecule has 0 radical (unpaired) electrons. The summed E-state index contributed by atoms with van der Waals surface area (Å²) in [7, 11) is 1.70. The summed E-state index contributed by atoms with van der Waals surface area (Å²) in [6, 6.07) is 41.1. The molecule has 0 bridgehead atoms. The topological polar surface area (TPSA) is 55.5 Å². The van der Waals surface area contributed by atoms with E-state index in [1.165, 1.54) is 0 Å². The molecule has 0 saturated heterocycles. The molecule has 0 saturated carbocycles. The van der Waals surface area contributed by atoms with Crippen LogP contribution in [0.5, 0.6) is 5.75 Å². The van der Waals surface area contributed by atoms with Crippen molar-refractivity contribution in [3.8, 4) is 11.4 Å². The zero-order valence-electron chi connectivity index (χ0n) is 20.8. The van der Waals surface area contributed by atoms with Gasteiger partial charge >= 0.3 is 0 Å². The number of hydrogen-bond donors (Lipinski definition) is 2. The molecular formula is C32H25N5O. The molecule has 0 aliphatic carbocycles. The number of fused-ring (bicyclic) bond motifs is 5. The van der Waals surface area contributed by atoms with Crippen LogP contribution in [0.4, 0.5) is 22.7 Å². The van der Waals surface area contributed by atoms with Crippen molar-refractivity contribution in [3.05, 3.63) is 121 Å². The lowest BCUT2D eigenvalue weighted by atomic mass is 10.2. The fraction of sp³-hybridized carbons (Fsp3) is 0.0312. The SMILES string of the molecule is COc1ccccc1-n1c2ccccc2n2c3cccc(Nc4ccccc4Nc4ccccc4)c3nc12. The van der Waals surface area contributed by atoms with E-state index < -0.39 is 0 Å². The van der Waals surface area contributed by atoms with Gasteiger partial charge in [0, 0.05) is 5.69 Å². The largest absolute Gasteiger partial charge is 0.495 e. The van der Waals surface area contributed by atoms with E-state index in [1.807, 2.05) is 48.5 Å². The van der Waals surface area contributed by atoms with Gasteiger partial charge in [-0.1, -0.05) is 60.7 Å². The molecular weight excluding hydrogens is 470 g/mol. The molecule has 7 rings (SSSR count). The molecule has 184 valence electrons. The highest BCUT2D eigenvalue weighted by molar-refractivity contribution is 5.99. The quantitative estimate of drug-likeness (QED) is 0.246. The van der Waals surface area contributed by atoms with Crippen LogP contribution in [-0.4, -0.2) is 21.1 Å². The minimum atomic E-state index is 0.794.